The van der Waals surface area contributed by atoms with Crippen LogP contribution in [0.25, 0.3) is 11.1 Å². The van der Waals surface area contributed by atoms with Gasteiger partial charge in [-0.3, -0.25) is 0 Å². The minimum absolute atomic E-state index is 0.105. The number of hydrogen-bond donors (Lipinski definition) is 2. The summed E-state index contributed by atoms with van der Waals surface area (Å²) in [4.78, 5) is 4.39. The lowest BCUT2D eigenvalue weighted by Crippen LogP contribution is -2.06. The molecule has 0 saturated heterocycles. The Morgan fingerprint density at radius 2 is 1.84 bits per heavy atom. The number of nitrogens with zero attached hydrogens (tertiary/aromatic N) is 1. The van der Waals surface area contributed by atoms with Gasteiger partial charge in [0, 0.05) is 5.69 Å². The van der Waals surface area contributed by atoms with Gasteiger partial charge in [0.05, 0.1) is 6.04 Å². The Hall–Kier alpha value is -2.49. The first kappa shape index (κ1) is 11.6. The van der Waals surface area contributed by atoms with E-state index in [1.807, 2.05) is 48.5 Å². The number of hydrogen-bond acceptors (Lipinski definition) is 4. The molecule has 3 rings (SSSR count). The van der Waals surface area contributed by atoms with Crippen LogP contribution >= 0.6 is 0 Å². The average molecular weight is 253 g/mol. The quantitative estimate of drug-likeness (QED) is 0.700. The van der Waals surface area contributed by atoms with E-state index in [0.717, 1.165) is 22.4 Å². The number of nitrogens with two attached hydrogens (primary N) is 1. The van der Waals surface area contributed by atoms with Gasteiger partial charge < -0.3 is 15.5 Å². The van der Waals surface area contributed by atoms with Gasteiger partial charge in [-0.2, -0.15) is 4.98 Å². The van der Waals surface area contributed by atoms with Gasteiger partial charge in [0.1, 0.15) is 5.52 Å². The Bertz CT molecular complexity index is 655. The van der Waals surface area contributed by atoms with Gasteiger partial charge in [-0.15, -0.1) is 0 Å². The predicted molar refractivity (Wildman–Crippen MR) is 76.9 cm³/mol. The summed E-state index contributed by atoms with van der Waals surface area (Å²) in [7, 11) is 0. The number of aromatic nitrogens is 1. The summed E-state index contributed by atoms with van der Waals surface area (Å²) >= 11 is 0. The molecular formula is C15H15N3O. The van der Waals surface area contributed by atoms with E-state index in [1.54, 1.807) is 0 Å². The van der Waals surface area contributed by atoms with Crippen LogP contribution in [0.3, 0.4) is 0 Å². The maximum absolute atomic E-state index is 5.68. The van der Waals surface area contributed by atoms with Gasteiger partial charge in [0.15, 0.2) is 5.58 Å². The number of nitrogen functional groups attached to an aromatic ring is 1. The second kappa shape index (κ2) is 4.65. The first-order chi connectivity index (χ1) is 9.22. The molecule has 0 saturated carbocycles. The second-order valence-corrected chi connectivity index (χ2v) is 4.52. The van der Waals surface area contributed by atoms with Crippen LogP contribution in [0, 0.1) is 0 Å². The Morgan fingerprint density at radius 1 is 1.11 bits per heavy atom. The number of rotatable bonds is 3. The number of oxazole rings is 1. The van der Waals surface area contributed by atoms with E-state index in [0.29, 0.717) is 6.01 Å². The number of para-hydroxylation sites is 2. The summed E-state index contributed by atoms with van der Waals surface area (Å²) in [5.41, 5.74) is 9.22. The molecule has 3 N–H and O–H groups in total. The van der Waals surface area contributed by atoms with Gasteiger partial charge in [-0.1, -0.05) is 24.3 Å². The highest BCUT2D eigenvalue weighted by Gasteiger charge is 2.09. The van der Waals surface area contributed by atoms with Crippen molar-refractivity contribution in [2.24, 2.45) is 0 Å². The zero-order chi connectivity index (χ0) is 13.2. The van der Waals surface area contributed by atoms with Gasteiger partial charge in [-0.05, 0) is 36.8 Å². The third kappa shape index (κ3) is 2.38. The molecule has 0 fully saturated rings. The first-order valence-corrected chi connectivity index (χ1v) is 6.20. The van der Waals surface area contributed by atoms with Crippen molar-refractivity contribution in [3.8, 4) is 0 Å². The van der Waals surface area contributed by atoms with Gasteiger partial charge >= 0.3 is 0 Å². The van der Waals surface area contributed by atoms with E-state index >= 15 is 0 Å². The fourth-order valence-electron chi connectivity index (χ4n) is 1.99. The molecule has 4 nitrogen and oxygen atoms in total. The van der Waals surface area contributed by atoms with Crippen LogP contribution in [0.2, 0.25) is 0 Å². The lowest BCUT2D eigenvalue weighted by molar-refractivity contribution is 0.604. The zero-order valence-corrected chi connectivity index (χ0v) is 10.6. The molecule has 19 heavy (non-hydrogen) atoms. The average Bonchev–Trinajstić information content (AvgIpc) is 2.81. The highest BCUT2D eigenvalue weighted by molar-refractivity contribution is 5.74. The predicted octanol–water partition coefficient (Wildman–Crippen LogP) is 3.58. The number of fused-ring (bicyclic) bond motifs is 1. The molecule has 0 aliphatic carbocycles. The topological polar surface area (TPSA) is 64.1 Å². The number of nitrogens with one attached hydrogen (secondary N) is 1. The molecule has 0 bridgehead atoms. The summed E-state index contributed by atoms with van der Waals surface area (Å²) < 4.78 is 5.64. The van der Waals surface area contributed by atoms with Crippen LogP contribution in [0.1, 0.15) is 18.5 Å². The summed E-state index contributed by atoms with van der Waals surface area (Å²) in [6.45, 7) is 2.06. The van der Waals surface area contributed by atoms with Crippen molar-refractivity contribution in [2.45, 2.75) is 13.0 Å². The van der Waals surface area contributed by atoms with E-state index in [1.165, 1.54) is 0 Å². The maximum Gasteiger partial charge on any atom is 0.296 e. The fraction of sp³-hybridized carbons (Fsp3) is 0.133. The van der Waals surface area contributed by atoms with Crippen molar-refractivity contribution in [1.29, 1.82) is 0 Å². The van der Waals surface area contributed by atoms with Crippen molar-refractivity contribution >= 4 is 22.8 Å². The SMILES string of the molecule is CC(Nc1nc2ccccc2o1)c1ccc(N)cc1. The van der Waals surface area contributed by atoms with E-state index < -0.39 is 0 Å². The van der Waals surface area contributed by atoms with Gasteiger partial charge in [-0.25, -0.2) is 0 Å². The Kier molecular flexibility index (Phi) is 2.83. The van der Waals surface area contributed by atoms with Crippen LogP contribution in [0.4, 0.5) is 11.7 Å². The Morgan fingerprint density at radius 3 is 2.58 bits per heavy atom. The first-order valence-electron chi connectivity index (χ1n) is 6.20. The monoisotopic (exact) mass is 253 g/mol. The van der Waals surface area contributed by atoms with E-state index in [9.17, 15) is 0 Å². The molecule has 0 spiro atoms. The molecule has 0 radical (unpaired) electrons. The minimum atomic E-state index is 0.105. The minimum Gasteiger partial charge on any atom is -0.424 e. The number of anilines is 2. The standard InChI is InChI=1S/C15H15N3O/c1-10(11-6-8-12(16)9-7-11)17-15-18-13-4-2-3-5-14(13)19-15/h2-10H,16H2,1H3,(H,17,18). The van der Waals surface area contributed by atoms with Crippen LogP contribution in [0.15, 0.2) is 52.9 Å². The Labute approximate surface area is 111 Å². The van der Waals surface area contributed by atoms with E-state index in [-0.39, 0.29) is 6.04 Å². The molecule has 0 aliphatic heterocycles. The molecular weight excluding hydrogens is 238 g/mol. The molecule has 1 unspecified atom stereocenters. The summed E-state index contributed by atoms with van der Waals surface area (Å²) in [5, 5.41) is 3.25. The van der Waals surface area contributed by atoms with Crippen molar-refractivity contribution in [2.75, 3.05) is 11.1 Å². The lowest BCUT2D eigenvalue weighted by atomic mass is 10.1. The molecule has 4 heteroatoms. The molecule has 96 valence electrons. The van der Waals surface area contributed by atoms with Crippen LogP contribution in [-0.4, -0.2) is 4.98 Å². The van der Waals surface area contributed by atoms with Gasteiger partial charge in [0.25, 0.3) is 6.01 Å². The molecule has 3 aromatic rings. The number of benzene rings is 2. The molecule has 0 amide bonds. The highest BCUT2D eigenvalue weighted by atomic mass is 16.4. The van der Waals surface area contributed by atoms with E-state index in [4.69, 9.17) is 10.2 Å². The molecule has 0 aliphatic rings. The van der Waals surface area contributed by atoms with Crippen molar-refractivity contribution in [1.82, 2.24) is 4.98 Å². The molecule has 2 aromatic carbocycles. The van der Waals surface area contributed by atoms with Gasteiger partial charge in [0.2, 0.25) is 0 Å². The smallest absolute Gasteiger partial charge is 0.296 e. The van der Waals surface area contributed by atoms with Crippen molar-refractivity contribution in [3.05, 3.63) is 54.1 Å². The third-order valence-corrected chi connectivity index (χ3v) is 3.07. The Balaban J connectivity index is 1.82. The summed E-state index contributed by atoms with van der Waals surface area (Å²) in [6.07, 6.45) is 0. The fourth-order valence-corrected chi connectivity index (χ4v) is 1.99. The summed E-state index contributed by atoms with van der Waals surface area (Å²) in [5.74, 6) is 0. The van der Waals surface area contributed by atoms with Crippen LogP contribution in [-0.2, 0) is 0 Å². The highest BCUT2D eigenvalue weighted by Crippen LogP contribution is 2.23. The largest absolute Gasteiger partial charge is 0.424 e. The van der Waals surface area contributed by atoms with Crippen LogP contribution in [0.5, 0.6) is 0 Å². The van der Waals surface area contributed by atoms with Crippen molar-refractivity contribution in [3.63, 3.8) is 0 Å². The molecule has 1 heterocycles. The second-order valence-electron chi connectivity index (χ2n) is 4.52. The normalized spacial score (nSPS) is 12.5. The lowest BCUT2D eigenvalue weighted by Gasteiger charge is -2.12. The van der Waals surface area contributed by atoms with Crippen molar-refractivity contribution < 1.29 is 4.42 Å². The van der Waals surface area contributed by atoms with E-state index in [2.05, 4.69) is 17.2 Å². The molecule has 1 atom stereocenters. The molecule has 1 aromatic heterocycles. The zero-order valence-electron chi connectivity index (χ0n) is 10.6. The van der Waals surface area contributed by atoms with Crippen LogP contribution < -0.4 is 11.1 Å². The third-order valence-electron chi connectivity index (χ3n) is 3.07. The maximum atomic E-state index is 5.68. The summed E-state index contributed by atoms with van der Waals surface area (Å²) in [6, 6.07) is 16.1.